The number of hydrogen-bond acceptors (Lipinski definition) is 4. The molecule has 10 heavy (non-hydrogen) atoms. The summed E-state index contributed by atoms with van der Waals surface area (Å²) in [5.41, 5.74) is 6.77. The lowest BCUT2D eigenvalue weighted by molar-refractivity contribution is -0.122. The van der Waals surface area contributed by atoms with Crippen molar-refractivity contribution >= 4 is 17.7 Å². The molecule has 1 amide bonds. The number of carbonyl (C=O) groups is 1. The van der Waals surface area contributed by atoms with Crippen molar-refractivity contribution in [1.29, 1.82) is 0 Å². The van der Waals surface area contributed by atoms with Gasteiger partial charge in [0.15, 0.2) is 0 Å². The second-order valence-electron chi connectivity index (χ2n) is 1.87. The Hall–Kier alpha value is -0.260. The van der Waals surface area contributed by atoms with E-state index < -0.39 is 11.9 Å². The number of nitrogens with one attached hydrogen (secondary N) is 1. The van der Waals surface area contributed by atoms with Gasteiger partial charge >= 0.3 is 0 Å². The van der Waals surface area contributed by atoms with Crippen molar-refractivity contribution in [2.45, 2.75) is 12.5 Å². The zero-order valence-electron chi connectivity index (χ0n) is 5.83. The molecule has 0 aromatic carbocycles. The predicted octanol–water partition coefficient (Wildman–Crippen LogP) is -0.428. The molecule has 60 valence electrons. The van der Waals surface area contributed by atoms with Crippen molar-refractivity contribution in [3.8, 4) is 0 Å². The molecule has 0 saturated carbocycles. The highest BCUT2D eigenvalue weighted by atomic mass is 32.2. The minimum atomic E-state index is -0.604. The highest BCUT2D eigenvalue weighted by Gasteiger charge is 2.11. The van der Waals surface area contributed by atoms with Gasteiger partial charge in [-0.2, -0.15) is 17.2 Å². The maximum Gasteiger partial charge on any atom is 0.236 e. The first-order valence-corrected chi connectivity index (χ1v) is 4.29. The van der Waals surface area contributed by atoms with Gasteiger partial charge in [-0.1, -0.05) is 0 Å². The molecule has 0 spiro atoms. The van der Waals surface area contributed by atoms with Crippen LogP contribution in [0.4, 0.5) is 0 Å². The molecular formula is C5H12N2O2S. The Labute approximate surface area is 64.1 Å². The van der Waals surface area contributed by atoms with E-state index >= 15 is 0 Å². The topological polar surface area (TPSA) is 75.3 Å². The maximum absolute atomic E-state index is 10.4. The molecular weight excluding hydrogens is 152 g/mol. The molecule has 0 aliphatic rings. The van der Waals surface area contributed by atoms with Crippen LogP contribution in [0.15, 0.2) is 0 Å². The number of rotatable bonds is 5. The van der Waals surface area contributed by atoms with Crippen LogP contribution in [-0.4, -0.2) is 29.2 Å². The first-order valence-electron chi connectivity index (χ1n) is 2.90. The minimum Gasteiger partial charge on any atom is -0.368 e. The number of carbonyl (C=O) groups excluding carboxylic acids is 1. The molecule has 5 heteroatoms. The quantitative estimate of drug-likeness (QED) is 0.482. The van der Waals surface area contributed by atoms with Crippen molar-refractivity contribution in [3.63, 3.8) is 0 Å². The lowest BCUT2D eigenvalue weighted by Gasteiger charge is -2.08. The molecule has 0 heterocycles. The average Bonchev–Trinajstić information content (AvgIpc) is 1.89. The van der Waals surface area contributed by atoms with Crippen molar-refractivity contribution in [2.75, 3.05) is 12.0 Å². The van der Waals surface area contributed by atoms with E-state index in [0.717, 1.165) is 5.75 Å². The van der Waals surface area contributed by atoms with Crippen LogP contribution < -0.4 is 11.2 Å². The van der Waals surface area contributed by atoms with Crippen molar-refractivity contribution in [2.24, 2.45) is 5.73 Å². The number of thioether (sulfide) groups is 1. The molecule has 1 atom stereocenters. The fourth-order valence-corrected chi connectivity index (χ4v) is 0.978. The van der Waals surface area contributed by atoms with E-state index in [4.69, 9.17) is 10.9 Å². The van der Waals surface area contributed by atoms with Crippen LogP contribution in [0, 0.1) is 0 Å². The Balaban J connectivity index is 3.50. The molecule has 1 unspecified atom stereocenters. The summed E-state index contributed by atoms with van der Waals surface area (Å²) in [5.74, 6) is 0.290. The molecule has 0 saturated heterocycles. The van der Waals surface area contributed by atoms with Crippen LogP contribution in [-0.2, 0) is 4.79 Å². The van der Waals surface area contributed by atoms with Gasteiger partial charge in [0.05, 0.1) is 0 Å². The Morgan fingerprint density at radius 2 is 2.50 bits per heavy atom. The van der Waals surface area contributed by atoms with Gasteiger partial charge in [-0.3, -0.25) is 4.79 Å². The lowest BCUT2D eigenvalue weighted by Crippen LogP contribution is -2.39. The Morgan fingerprint density at radius 3 is 2.80 bits per heavy atom. The third-order valence-corrected chi connectivity index (χ3v) is 1.75. The Bertz CT molecular complexity index is 110. The zero-order valence-corrected chi connectivity index (χ0v) is 6.65. The predicted molar refractivity (Wildman–Crippen MR) is 40.9 cm³/mol. The summed E-state index contributed by atoms with van der Waals surface area (Å²) in [6, 6.07) is -0.604. The fraction of sp³-hybridized carbons (Fsp3) is 0.800. The molecule has 4 nitrogen and oxygen atoms in total. The summed E-state index contributed by atoms with van der Waals surface area (Å²) in [6.45, 7) is 0. The summed E-state index contributed by atoms with van der Waals surface area (Å²) in [7, 11) is 0. The molecule has 0 radical (unpaired) electrons. The number of hydroxylamine groups is 1. The lowest BCUT2D eigenvalue weighted by atomic mass is 10.2. The van der Waals surface area contributed by atoms with Gasteiger partial charge in [0.25, 0.3) is 0 Å². The second-order valence-corrected chi connectivity index (χ2v) is 2.85. The minimum absolute atomic E-state index is 0.517. The average molecular weight is 164 g/mol. The largest absolute Gasteiger partial charge is 0.368 e. The third-order valence-electron chi connectivity index (χ3n) is 1.11. The normalized spacial score (nSPS) is 13.0. The van der Waals surface area contributed by atoms with Crippen LogP contribution >= 0.6 is 11.8 Å². The van der Waals surface area contributed by atoms with Crippen molar-refractivity contribution in [3.05, 3.63) is 0 Å². The second kappa shape index (κ2) is 5.52. The van der Waals surface area contributed by atoms with E-state index in [-0.39, 0.29) is 0 Å². The molecule has 4 N–H and O–H groups in total. The summed E-state index contributed by atoms with van der Waals surface area (Å²) in [6.07, 6.45) is 2.49. The van der Waals surface area contributed by atoms with E-state index in [1.54, 1.807) is 11.8 Å². The monoisotopic (exact) mass is 164 g/mol. The van der Waals surface area contributed by atoms with Gasteiger partial charge in [-0.25, -0.2) is 0 Å². The van der Waals surface area contributed by atoms with Gasteiger partial charge in [-0.15, -0.1) is 0 Å². The zero-order chi connectivity index (χ0) is 7.98. The van der Waals surface area contributed by atoms with E-state index in [9.17, 15) is 4.79 Å². The van der Waals surface area contributed by atoms with Crippen molar-refractivity contribution in [1.82, 2.24) is 5.48 Å². The number of amides is 1. The van der Waals surface area contributed by atoms with Crippen LogP contribution in [0.1, 0.15) is 6.42 Å². The molecule has 0 bridgehead atoms. The third kappa shape index (κ3) is 3.71. The smallest absolute Gasteiger partial charge is 0.236 e. The van der Waals surface area contributed by atoms with Gasteiger partial charge < -0.3 is 10.9 Å². The molecule has 0 fully saturated rings. The standard InChI is InChI=1S/C5H12N2O2S/c1-10-3-2-4(7-9)5(6)8/h4,7,9H,2-3H2,1H3,(H2,6,8). The highest BCUT2D eigenvalue weighted by molar-refractivity contribution is 7.98. The van der Waals surface area contributed by atoms with Gasteiger partial charge in [0.1, 0.15) is 6.04 Å². The number of nitrogens with two attached hydrogens (primary N) is 1. The van der Waals surface area contributed by atoms with Crippen molar-refractivity contribution < 1.29 is 10.0 Å². The van der Waals surface area contributed by atoms with Gasteiger partial charge in [0, 0.05) is 0 Å². The van der Waals surface area contributed by atoms with Gasteiger partial charge in [-0.05, 0) is 18.4 Å². The molecule has 0 aliphatic carbocycles. The first-order chi connectivity index (χ1) is 4.72. The Morgan fingerprint density at radius 1 is 1.90 bits per heavy atom. The van der Waals surface area contributed by atoms with Crippen LogP contribution in [0.3, 0.4) is 0 Å². The molecule has 0 aromatic rings. The van der Waals surface area contributed by atoms with Crippen LogP contribution in [0.25, 0.3) is 0 Å². The van der Waals surface area contributed by atoms with Crippen LogP contribution in [0.2, 0.25) is 0 Å². The number of hydrogen-bond donors (Lipinski definition) is 3. The first kappa shape index (κ1) is 9.74. The van der Waals surface area contributed by atoms with E-state index in [2.05, 4.69) is 0 Å². The maximum atomic E-state index is 10.4. The molecule has 0 aromatic heterocycles. The molecule has 0 rings (SSSR count). The fourth-order valence-electron chi connectivity index (χ4n) is 0.506. The summed E-state index contributed by atoms with van der Waals surface area (Å²) in [4.78, 5) is 10.4. The van der Waals surface area contributed by atoms with E-state index in [0.29, 0.717) is 6.42 Å². The van der Waals surface area contributed by atoms with E-state index in [1.807, 2.05) is 11.7 Å². The van der Waals surface area contributed by atoms with Gasteiger partial charge in [0.2, 0.25) is 5.91 Å². The SMILES string of the molecule is CSCCC(NO)C(N)=O. The highest BCUT2D eigenvalue weighted by Crippen LogP contribution is 1.98. The van der Waals surface area contributed by atoms with E-state index in [1.165, 1.54) is 0 Å². The summed E-state index contributed by atoms with van der Waals surface area (Å²) < 4.78 is 0. The molecule has 0 aliphatic heterocycles. The Kier molecular flexibility index (Phi) is 5.38. The summed E-state index contributed by atoms with van der Waals surface area (Å²) in [5, 5.41) is 8.36. The van der Waals surface area contributed by atoms with Crippen LogP contribution in [0.5, 0.6) is 0 Å². The number of primary amides is 1. The summed E-state index contributed by atoms with van der Waals surface area (Å²) >= 11 is 1.60.